The van der Waals surface area contributed by atoms with Crippen molar-refractivity contribution < 1.29 is 9.18 Å². The van der Waals surface area contributed by atoms with E-state index in [2.05, 4.69) is 15.0 Å². The third-order valence-electron chi connectivity index (χ3n) is 7.69. The van der Waals surface area contributed by atoms with Gasteiger partial charge in [-0.05, 0) is 48.9 Å². The molecule has 0 radical (unpaired) electrons. The topological polar surface area (TPSA) is 94.3 Å². The van der Waals surface area contributed by atoms with Crippen molar-refractivity contribution in [3.63, 3.8) is 0 Å². The van der Waals surface area contributed by atoms with Crippen LogP contribution in [-0.4, -0.2) is 40.3 Å². The fraction of sp³-hybridized carbons (Fsp3) is 0.231. The molecule has 8 rings (SSSR count). The molecule has 180 valence electrons. The van der Waals surface area contributed by atoms with Gasteiger partial charge in [-0.2, -0.15) is 0 Å². The summed E-state index contributed by atoms with van der Waals surface area (Å²) in [7, 11) is 0. The molecular formula is C26H21ClFN7O. The maximum absolute atomic E-state index is 15.4. The van der Waals surface area contributed by atoms with Crippen molar-refractivity contribution in [1.82, 2.24) is 28.8 Å². The normalized spacial score (nSPS) is 20.3. The van der Waals surface area contributed by atoms with Crippen LogP contribution in [0.5, 0.6) is 0 Å². The second-order valence-corrected chi connectivity index (χ2v) is 10.2. The van der Waals surface area contributed by atoms with Gasteiger partial charge in [-0.1, -0.05) is 17.7 Å². The van der Waals surface area contributed by atoms with Gasteiger partial charge in [0.05, 0.1) is 35.4 Å². The lowest BCUT2D eigenvalue weighted by molar-refractivity contribution is -0.127. The first-order valence-electron chi connectivity index (χ1n) is 11.7. The summed E-state index contributed by atoms with van der Waals surface area (Å²) in [4.78, 5) is 28.3. The van der Waals surface area contributed by atoms with Crippen LogP contribution in [0.3, 0.4) is 0 Å². The molecule has 0 saturated heterocycles. The number of amides is 1. The Balaban J connectivity index is 1.29. The average molecular weight is 502 g/mol. The van der Waals surface area contributed by atoms with Gasteiger partial charge in [-0.3, -0.25) is 9.20 Å². The number of rotatable bonds is 5. The molecule has 3 aliphatic carbocycles. The molecule has 3 fully saturated rings. The summed E-state index contributed by atoms with van der Waals surface area (Å²) in [5, 5.41) is 0.546. The van der Waals surface area contributed by atoms with E-state index in [-0.39, 0.29) is 22.8 Å². The number of nitrogens with two attached hydrogens (primary N) is 1. The third kappa shape index (κ3) is 3.05. The van der Waals surface area contributed by atoms with Gasteiger partial charge in [0.15, 0.2) is 0 Å². The first-order chi connectivity index (χ1) is 17.4. The standard InChI is InChI=1S/C26H21ClFN7O/c27-19-5-17(33-4-3-30-13-33)2-1-16(19)12-35(26-8-15(9-26)10-26)25(36)18-6-22-21(7-20(18)28)32-24(29)23-11-31-14-34(22)23/h1-7,11,13-15H,8-10,12H2,(H2,29,32). The minimum absolute atomic E-state index is 0.0000421. The van der Waals surface area contributed by atoms with E-state index in [4.69, 9.17) is 17.3 Å². The van der Waals surface area contributed by atoms with Crippen molar-refractivity contribution in [2.75, 3.05) is 5.73 Å². The molecule has 2 aromatic carbocycles. The molecule has 2 N–H and O–H groups in total. The van der Waals surface area contributed by atoms with Gasteiger partial charge in [-0.15, -0.1) is 0 Å². The van der Waals surface area contributed by atoms with Gasteiger partial charge < -0.3 is 15.2 Å². The SMILES string of the molecule is Nc1nc2cc(F)c(C(=O)N(Cc3ccc(-n4ccnc4)cc3Cl)C34CC(C3)C4)cc2n2cncc12. The van der Waals surface area contributed by atoms with Crippen molar-refractivity contribution in [3.05, 3.63) is 83.5 Å². The smallest absolute Gasteiger partial charge is 0.257 e. The third-order valence-corrected chi connectivity index (χ3v) is 8.04. The van der Waals surface area contributed by atoms with E-state index in [0.29, 0.717) is 34.0 Å². The molecule has 0 unspecified atom stereocenters. The summed E-state index contributed by atoms with van der Waals surface area (Å²) in [6.07, 6.45) is 11.2. The molecule has 0 spiro atoms. The Morgan fingerprint density at radius 3 is 2.69 bits per heavy atom. The zero-order chi connectivity index (χ0) is 24.6. The lowest BCUT2D eigenvalue weighted by Gasteiger charge is -2.66. The molecule has 3 saturated carbocycles. The molecule has 0 atom stereocenters. The molecule has 3 heterocycles. The van der Waals surface area contributed by atoms with E-state index >= 15 is 4.39 Å². The fourth-order valence-electron chi connectivity index (χ4n) is 5.63. The minimum Gasteiger partial charge on any atom is -0.382 e. The van der Waals surface area contributed by atoms with Crippen LogP contribution >= 0.6 is 11.6 Å². The Kier molecular flexibility index (Phi) is 4.45. The van der Waals surface area contributed by atoms with Crippen LogP contribution < -0.4 is 5.73 Å². The van der Waals surface area contributed by atoms with Gasteiger partial charge in [-0.25, -0.2) is 19.3 Å². The van der Waals surface area contributed by atoms with Crippen LogP contribution in [0.1, 0.15) is 35.2 Å². The first kappa shape index (κ1) is 21.3. The number of hydrogen-bond donors (Lipinski definition) is 1. The fourth-order valence-corrected chi connectivity index (χ4v) is 5.87. The first-order valence-corrected chi connectivity index (χ1v) is 12.1. The van der Waals surface area contributed by atoms with Gasteiger partial charge in [0.25, 0.3) is 5.91 Å². The molecule has 3 aromatic heterocycles. The number of anilines is 1. The summed E-state index contributed by atoms with van der Waals surface area (Å²) in [5.41, 5.74) is 8.98. The number of fused-ring (bicyclic) bond motifs is 3. The summed E-state index contributed by atoms with van der Waals surface area (Å²) in [5.74, 6) is -0.0919. The zero-order valence-electron chi connectivity index (χ0n) is 19.1. The van der Waals surface area contributed by atoms with Crippen molar-refractivity contribution in [1.29, 1.82) is 0 Å². The molecule has 2 bridgehead atoms. The van der Waals surface area contributed by atoms with Gasteiger partial charge in [0.2, 0.25) is 0 Å². The number of benzene rings is 2. The summed E-state index contributed by atoms with van der Waals surface area (Å²) < 4.78 is 18.9. The number of nitrogens with zero attached hydrogens (tertiary/aromatic N) is 6. The second kappa shape index (κ2) is 7.51. The van der Waals surface area contributed by atoms with Crippen molar-refractivity contribution in [3.8, 4) is 5.69 Å². The van der Waals surface area contributed by atoms with Crippen LogP contribution in [0.15, 0.2) is 61.6 Å². The van der Waals surface area contributed by atoms with Crippen LogP contribution in [0.2, 0.25) is 5.02 Å². The number of imidazole rings is 2. The van der Waals surface area contributed by atoms with Crippen molar-refractivity contribution in [2.45, 2.75) is 31.3 Å². The summed E-state index contributed by atoms with van der Waals surface area (Å²) in [6.45, 7) is 0.298. The molecule has 1 amide bonds. The maximum Gasteiger partial charge on any atom is 0.257 e. The Morgan fingerprint density at radius 1 is 1.17 bits per heavy atom. The van der Waals surface area contributed by atoms with Gasteiger partial charge >= 0.3 is 0 Å². The van der Waals surface area contributed by atoms with E-state index in [9.17, 15) is 4.79 Å². The number of carbonyl (C=O) groups is 1. The van der Waals surface area contributed by atoms with Gasteiger partial charge in [0, 0.05) is 41.3 Å². The highest BCUT2D eigenvalue weighted by molar-refractivity contribution is 6.31. The monoisotopic (exact) mass is 501 g/mol. The number of halogens is 2. The predicted octanol–water partition coefficient (Wildman–Crippen LogP) is 4.64. The Hall–Kier alpha value is -3.98. The average Bonchev–Trinajstić information content (AvgIpc) is 3.50. The molecule has 10 heteroatoms. The Bertz CT molecular complexity index is 1660. The van der Waals surface area contributed by atoms with Crippen LogP contribution in [0, 0.1) is 11.7 Å². The maximum atomic E-state index is 15.4. The quantitative estimate of drug-likeness (QED) is 0.378. The molecule has 3 aliphatic rings. The largest absolute Gasteiger partial charge is 0.382 e. The van der Waals surface area contributed by atoms with Gasteiger partial charge in [0.1, 0.15) is 17.2 Å². The molecule has 0 aliphatic heterocycles. The highest BCUT2D eigenvalue weighted by Crippen LogP contribution is 2.61. The minimum atomic E-state index is -0.628. The summed E-state index contributed by atoms with van der Waals surface area (Å²) >= 11 is 6.67. The van der Waals surface area contributed by atoms with Crippen LogP contribution in [-0.2, 0) is 6.54 Å². The second-order valence-electron chi connectivity index (χ2n) is 9.81. The van der Waals surface area contributed by atoms with E-state index in [1.807, 2.05) is 33.9 Å². The summed E-state index contributed by atoms with van der Waals surface area (Å²) in [6, 6.07) is 8.53. The Morgan fingerprint density at radius 2 is 2.00 bits per heavy atom. The predicted molar refractivity (Wildman–Crippen MR) is 133 cm³/mol. The van der Waals surface area contributed by atoms with Crippen LogP contribution in [0.4, 0.5) is 10.2 Å². The highest BCUT2D eigenvalue weighted by Gasteiger charge is 2.61. The molecule has 8 nitrogen and oxygen atoms in total. The zero-order valence-corrected chi connectivity index (χ0v) is 19.9. The Labute approximate surface area is 210 Å². The van der Waals surface area contributed by atoms with Crippen molar-refractivity contribution in [2.24, 2.45) is 5.92 Å². The number of carbonyl (C=O) groups excluding carboxylic acids is 1. The number of nitrogen functional groups attached to an aromatic ring is 1. The van der Waals surface area contributed by atoms with Crippen molar-refractivity contribution >= 4 is 39.9 Å². The highest BCUT2D eigenvalue weighted by atomic mass is 35.5. The lowest BCUT2D eigenvalue weighted by Crippen LogP contribution is -2.69. The molecule has 5 aromatic rings. The number of aromatic nitrogens is 5. The van der Waals surface area contributed by atoms with Crippen LogP contribution in [0.25, 0.3) is 22.2 Å². The lowest BCUT2D eigenvalue weighted by atomic mass is 9.49. The van der Waals surface area contributed by atoms with E-state index in [1.54, 1.807) is 35.5 Å². The van der Waals surface area contributed by atoms with E-state index < -0.39 is 5.82 Å². The number of hydrogen-bond acceptors (Lipinski definition) is 5. The van der Waals surface area contributed by atoms with E-state index in [1.165, 1.54) is 6.07 Å². The molecular weight excluding hydrogens is 481 g/mol. The van der Waals surface area contributed by atoms with E-state index in [0.717, 1.165) is 30.5 Å². The molecule has 36 heavy (non-hydrogen) atoms.